The normalized spacial score (nSPS) is 11.9. The molecule has 0 radical (unpaired) electrons. The molecule has 5 nitrogen and oxygen atoms in total. The molecule has 21 heavy (non-hydrogen) atoms. The number of hydrogen-bond acceptors (Lipinski definition) is 2. The van der Waals surface area contributed by atoms with Crippen LogP contribution in [0.15, 0.2) is 18.2 Å². The van der Waals surface area contributed by atoms with E-state index >= 15 is 0 Å². The first kappa shape index (κ1) is 17.3. The van der Waals surface area contributed by atoms with Crippen molar-refractivity contribution >= 4 is 29.3 Å². The summed E-state index contributed by atoms with van der Waals surface area (Å²) in [5.41, 5.74) is -0.589. The van der Waals surface area contributed by atoms with Crippen molar-refractivity contribution in [1.82, 2.24) is 5.32 Å². The Hall–Kier alpha value is -1.75. The van der Waals surface area contributed by atoms with Gasteiger partial charge in [-0.05, 0) is 52.3 Å². The Kier molecular flexibility index (Phi) is 4.89. The van der Waals surface area contributed by atoms with E-state index in [1.54, 1.807) is 45.9 Å². The zero-order valence-electron chi connectivity index (χ0n) is 12.9. The second-order valence-corrected chi connectivity index (χ2v) is 6.51. The second-order valence-electron chi connectivity index (χ2n) is 6.10. The van der Waals surface area contributed by atoms with Crippen LogP contribution in [0.1, 0.15) is 33.3 Å². The van der Waals surface area contributed by atoms with E-state index in [2.05, 4.69) is 10.6 Å². The smallest absolute Gasteiger partial charge is 0.319 e. The highest BCUT2D eigenvalue weighted by Gasteiger charge is 2.44. The molecule has 0 atom stereocenters. The predicted molar refractivity (Wildman–Crippen MR) is 83.8 cm³/mol. The highest BCUT2D eigenvalue weighted by atomic mass is 35.5. The number of carboxylic acid groups (broad SMARTS) is 1. The van der Waals surface area contributed by atoms with Crippen molar-refractivity contribution in [1.29, 1.82) is 0 Å². The molecule has 0 bridgehead atoms. The lowest BCUT2D eigenvalue weighted by molar-refractivity contribution is -0.150. The van der Waals surface area contributed by atoms with Gasteiger partial charge in [0.05, 0.1) is 11.0 Å². The molecule has 0 aliphatic heterocycles. The fourth-order valence-electron chi connectivity index (χ4n) is 1.54. The van der Waals surface area contributed by atoms with Crippen LogP contribution in [-0.2, 0) is 4.79 Å². The van der Waals surface area contributed by atoms with Crippen molar-refractivity contribution in [3.63, 3.8) is 0 Å². The lowest BCUT2D eigenvalue weighted by Crippen LogP contribution is -2.57. The summed E-state index contributed by atoms with van der Waals surface area (Å²) in [6.07, 6.45) is 0. The van der Waals surface area contributed by atoms with Gasteiger partial charge in [-0.2, -0.15) is 0 Å². The number of nitrogens with one attached hydrogen (secondary N) is 2. The van der Waals surface area contributed by atoms with Gasteiger partial charge in [-0.25, -0.2) is 4.79 Å². The van der Waals surface area contributed by atoms with E-state index < -0.39 is 23.0 Å². The minimum Gasteiger partial charge on any atom is -0.481 e. The summed E-state index contributed by atoms with van der Waals surface area (Å²) in [7, 11) is 0. The number of anilines is 1. The van der Waals surface area contributed by atoms with Crippen molar-refractivity contribution in [2.75, 3.05) is 5.32 Å². The first-order chi connectivity index (χ1) is 9.47. The minimum atomic E-state index is -1.12. The van der Waals surface area contributed by atoms with E-state index in [-0.39, 0.29) is 0 Å². The van der Waals surface area contributed by atoms with Gasteiger partial charge in [0.1, 0.15) is 0 Å². The molecule has 1 rings (SSSR count). The molecular formula is C15H21ClN2O3. The molecule has 0 unspecified atom stereocenters. The highest BCUT2D eigenvalue weighted by Crippen LogP contribution is 2.30. The average Bonchev–Trinajstić information content (AvgIpc) is 2.32. The van der Waals surface area contributed by atoms with Gasteiger partial charge >= 0.3 is 12.0 Å². The van der Waals surface area contributed by atoms with E-state index in [1.807, 2.05) is 6.92 Å². The Morgan fingerprint density at radius 3 is 2.24 bits per heavy atom. The second kappa shape index (κ2) is 5.93. The number of urea groups is 1. The Bertz CT molecular complexity index is 568. The quantitative estimate of drug-likeness (QED) is 0.794. The van der Waals surface area contributed by atoms with E-state index in [9.17, 15) is 14.7 Å². The van der Waals surface area contributed by atoms with Crippen LogP contribution in [0.2, 0.25) is 5.02 Å². The number of halogens is 1. The molecule has 0 aromatic heterocycles. The number of hydrogen-bond donors (Lipinski definition) is 3. The van der Waals surface area contributed by atoms with Gasteiger partial charge in [0.2, 0.25) is 0 Å². The van der Waals surface area contributed by atoms with Crippen LogP contribution in [0, 0.1) is 12.3 Å². The molecule has 0 fully saturated rings. The van der Waals surface area contributed by atoms with Gasteiger partial charge in [0, 0.05) is 10.7 Å². The molecular weight excluding hydrogens is 292 g/mol. The molecule has 0 saturated carbocycles. The first-order valence-electron chi connectivity index (χ1n) is 6.56. The number of carboxylic acids is 1. The Morgan fingerprint density at radius 2 is 1.76 bits per heavy atom. The van der Waals surface area contributed by atoms with Crippen LogP contribution in [0.4, 0.5) is 10.5 Å². The average molecular weight is 313 g/mol. The largest absolute Gasteiger partial charge is 0.481 e. The van der Waals surface area contributed by atoms with Crippen molar-refractivity contribution in [3.8, 4) is 0 Å². The van der Waals surface area contributed by atoms with Crippen LogP contribution in [-0.4, -0.2) is 22.6 Å². The van der Waals surface area contributed by atoms with Crippen molar-refractivity contribution in [2.45, 2.75) is 40.2 Å². The SMILES string of the molecule is Cc1ccc(NC(=O)NC(C)(C)C(C)(C)C(=O)O)cc1Cl. The van der Waals surface area contributed by atoms with Crippen LogP contribution >= 0.6 is 11.6 Å². The number of benzene rings is 1. The molecule has 1 aromatic carbocycles. The number of amides is 2. The molecule has 116 valence electrons. The number of aliphatic carboxylic acids is 1. The fraction of sp³-hybridized carbons (Fsp3) is 0.467. The number of carbonyl (C=O) groups excluding carboxylic acids is 1. The standard InChI is InChI=1S/C15H21ClN2O3/c1-9-6-7-10(8-11(9)16)17-13(21)18-15(4,5)14(2,3)12(19)20/h6-8H,1-5H3,(H,19,20)(H2,17,18,21). The number of carbonyl (C=O) groups is 2. The minimum absolute atomic E-state index is 0.478. The molecule has 1 aromatic rings. The Labute approximate surface area is 129 Å². The van der Waals surface area contributed by atoms with Crippen LogP contribution in [0.3, 0.4) is 0 Å². The highest BCUT2D eigenvalue weighted by molar-refractivity contribution is 6.31. The Morgan fingerprint density at radius 1 is 1.19 bits per heavy atom. The molecule has 0 heterocycles. The van der Waals surface area contributed by atoms with Gasteiger partial charge in [0.15, 0.2) is 0 Å². The summed E-state index contributed by atoms with van der Waals surface area (Å²) < 4.78 is 0. The van der Waals surface area contributed by atoms with Crippen molar-refractivity contribution in [2.24, 2.45) is 5.41 Å². The summed E-state index contributed by atoms with van der Waals surface area (Å²) in [4.78, 5) is 23.3. The summed E-state index contributed by atoms with van der Waals surface area (Å²) in [6, 6.07) is 4.70. The monoisotopic (exact) mass is 312 g/mol. The third-order valence-corrected chi connectivity index (χ3v) is 4.36. The maximum atomic E-state index is 12.0. The van der Waals surface area contributed by atoms with Gasteiger partial charge < -0.3 is 15.7 Å². The maximum absolute atomic E-state index is 12.0. The molecule has 3 N–H and O–H groups in total. The van der Waals surface area contributed by atoms with Crippen LogP contribution < -0.4 is 10.6 Å². The molecule has 6 heteroatoms. The zero-order valence-corrected chi connectivity index (χ0v) is 13.6. The Balaban J connectivity index is 2.81. The molecule has 0 spiro atoms. The predicted octanol–water partition coefficient (Wildman–Crippen LogP) is 3.66. The van der Waals surface area contributed by atoms with E-state index in [4.69, 9.17) is 11.6 Å². The lowest BCUT2D eigenvalue weighted by Gasteiger charge is -2.38. The molecule has 2 amide bonds. The molecule has 0 saturated heterocycles. The molecule has 0 aliphatic rings. The number of rotatable bonds is 4. The van der Waals surface area contributed by atoms with E-state index in [0.717, 1.165) is 5.56 Å². The molecule has 0 aliphatic carbocycles. The fourth-order valence-corrected chi connectivity index (χ4v) is 1.72. The summed E-state index contributed by atoms with van der Waals surface area (Å²) >= 11 is 6.00. The summed E-state index contributed by atoms with van der Waals surface area (Å²) in [5.74, 6) is -0.980. The zero-order chi connectivity index (χ0) is 16.4. The van der Waals surface area contributed by atoms with E-state index in [0.29, 0.717) is 10.7 Å². The van der Waals surface area contributed by atoms with Gasteiger partial charge in [-0.15, -0.1) is 0 Å². The van der Waals surface area contributed by atoms with Gasteiger partial charge in [0.25, 0.3) is 0 Å². The van der Waals surface area contributed by atoms with Crippen LogP contribution in [0.5, 0.6) is 0 Å². The lowest BCUT2D eigenvalue weighted by atomic mass is 9.74. The first-order valence-corrected chi connectivity index (χ1v) is 6.94. The third-order valence-electron chi connectivity index (χ3n) is 3.95. The van der Waals surface area contributed by atoms with Gasteiger partial charge in [-0.1, -0.05) is 17.7 Å². The topological polar surface area (TPSA) is 78.4 Å². The maximum Gasteiger partial charge on any atom is 0.319 e. The third kappa shape index (κ3) is 3.88. The van der Waals surface area contributed by atoms with E-state index in [1.165, 1.54) is 0 Å². The van der Waals surface area contributed by atoms with Crippen molar-refractivity contribution < 1.29 is 14.7 Å². The van der Waals surface area contributed by atoms with Crippen molar-refractivity contribution in [3.05, 3.63) is 28.8 Å². The number of aryl methyl sites for hydroxylation is 1. The van der Waals surface area contributed by atoms with Gasteiger partial charge in [-0.3, -0.25) is 4.79 Å². The summed E-state index contributed by atoms with van der Waals surface area (Å²) in [5, 5.41) is 15.1. The van der Waals surface area contributed by atoms with Crippen LogP contribution in [0.25, 0.3) is 0 Å². The summed E-state index contributed by atoms with van der Waals surface area (Å²) in [6.45, 7) is 8.34.